The topological polar surface area (TPSA) is 89.9 Å². The standard InChI is InChI=1S/C25H27F5N2O5/c1-12-19(17-4-5-18(26)20(27)21(17)36-16-9-15(33)10-16)22(37-24(12,2)25(28,29)30)23(34)32-13-6-7-31-14(8-13)11-35-3/h4-8,12,15-16,19,22,33H,9-11H2,1-3H3,(H,31,32,34)/t12-,15?,16?,19-,22+,24+/m0/s1. The summed E-state index contributed by atoms with van der Waals surface area (Å²) in [6, 6.07) is 4.82. The molecule has 1 saturated heterocycles. The molecule has 1 aromatic carbocycles. The maximum Gasteiger partial charge on any atom is 0.417 e. The smallest absolute Gasteiger partial charge is 0.417 e. The molecule has 1 aliphatic heterocycles. The Balaban J connectivity index is 1.74. The lowest BCUT2D eigenvalue weighted by Crippen LogP contribution is -2.47. The van der Waals surface area contributed by atoms with Gasteiger partial charge in [0.05, 0.1) is 18.4 Å². The molecule has 0 spiro atoms. The number of anilines is 1. The molecule has 2 N–H and O–H groups in total. The van der Waals surface area contributed by atoms with Crippen LogP contribution in [-0.2, 0) is 20.9 Å². The van der Waals surface area contributed by atoms with Gasteiger partial charge >= 0.3 is 6.18 Å². The van der Waals surface area contributed by atoms with Gasteiger partial charge in [-0.2, -0.15) is 17.6 Å². The fraction of sp³-hybridized carbons (Fsp3) is 0.520. The monoisotopic (exact) mass is 530 g/mol. The second kappa shape index (κ2) is 10.1. The van der Waals surface area contributed by atoms with Crippen LogP contribution in [0.25, 0.3) is 0 Å². The average Bonchev–Trinajstić information content (AvgIpc) is 3.08. The lowest BCUT2D eigenvalue weighted by Gasteiger charge is -2.34. The van der Waals surface area contributed by atoms with E-state index in [-0.39, 0.29) is 30.7 Å². The van der Waals surface area contributed by atoms with Crippen molar-refractivity contribution in [1.29, 1.82) is 0 Å². The van der Waals surface area contributed by atoms with E-state index in [1.165, 1.54) is 32.4 Å². The van der Waals surface area contributed by atoms with Crippen molar-refractivity contribution in [1.82, 2.24) is 4.98 Å². The predicted molar refractivity (Wildman–Crippen MR) is 121 cm³/mol. The summed E-state index contributed by atoms with van der Waals surface area (Å²) in [5, 5.41) is 12.1. The molecule has 0 unspecified atom stereocenters. The summed E-state index contributed by atoms with van der Waals surface area (Å²) in [5.41, 5.74) is -2.19. The Morgan fingerprint density at radius 1 is 1.27 bits per heavy atom. The number of ether oxygens (including phenoxy) is 3. The molecular formula is C25H27F5N2O5. The molecule has 2 aliphatic rings. The summed E-state index contributed by atoms with van der Waals surface area (Å²) in [6.45, 7) is 2.21. The first-order valence-corrected chi connectivity index (χ1v) is 11.7. The molecule has 37 heavy (non-hydrogen) atoms. The maximum absolute atomic E-state index is 14.9. The number of benzene rings is 1. The molecule has 0 radical (unpaired) electrons. The Hall–Kier alpha value is -2.83. The highest BCUT2D eigenvalue weighted by Gasteiger charge is 2.66. The highest BCUT2D eigenvalue weighted by atomic mass is 19.4. The van der Waals surface area contributed by atoms with Gasteiger partial charge in [-0.05, 0) is 25.1 Å². The largest absolute Gasteiger partial charge is 0.487 e. The fourth-order valence-corrected chi connectivity index (χ4v) is 4.75. The number of nitrogens with zero attached hydrogens (tertiary/aromatic N) is 1. The third kappa shape index (κ3) is 5.14. The fourth-order valence-electron chi connectivity index (χ4n) is 4.75. The summed E-state index contributed by atoms with van der Waals surface area (Å²) < 4.78 is 87.6. The quantitative estimate of drug-likeness (QED) is 0.513. The number of hydrogen-bond acceptors (Lipinski definition) is 6. The van der Waals surface area contributed by atoms with Crippen LogP contribution >= 0.6 is 0 Å². The minimum absolute atomic E-state index is 0.129. The van der Waals surface area contributed by atoms with E-state index < -0.39 is 65.2 Å². The van der Waals surface area contributed by atoms with E-state index in [0.717, 1.165) is 19.1 Å². The maximum atomic E-state index is 14.9. The molecule has 7 nitrogen and oxygen atoms in total. The van der Waals surface area contributed by atoms with Crippen molar-refractivity contribution < 1.29 is 46.1 Å². The van der Waals surface area contributed by atoms with Crippen molar-refractivity contribution in [2.75, 3.05) is 12.4 Å². The Bertz CT molecular complexity index is 1160. The summed E-state index contributed by atoms with van der Waals surface area (Å²) in [7, 11) is 1.45. The number of rotatable bonds is 7. The van der Waals surface area contributed by atoms with E-state index in [0.29, 0.717) is 5.69 Å². The van der Waals surface area contributed by atoms with Crippen LogP contribution < -0.4 is 10.1 Å². The second-order valence-corrected chi connectivity index (χ2v) is 9.56. The third-order valence-electron chi connectivity index (χ3n) is 7.10. The Labute approximate surface area is 209 Å². The van der Waals surface area contributed by atoms with Crippen LogP contribution in [-0.4, -0.2) is 53.2 Å². The number of aromatic nitrogens is 1. The molecular weight excluding hydrogens is 503 g/mol. The number of nitrogens with one attached hydrogen (secondary N) is 1. The van der Waals surface area contributed by atoms with Crippen LogP contribution in [0.5, 0.6) is 5.75 Å². The number of amides is 1. The number of hydrogen-bond donors (Lipinski definition) is 2. The average molecular weight is 530 g/mol. The number of methoxy groups -OCH3 is 1. The number of aliphatic hydroxyl groups excluding tert-OH is 1. The zero-order valence-electron chi connectivity index (χ0n) is 20.3. The molecule has 1 saturated carbocycles. The van der Waals surface area contributed by atoms with Gasteiger partial charge < -0.3 is 24.6 Å². The van der Waals surface area contributed by atoms with Crippen molar-refractivity contribution in [3.05, 3.63) is 53.4 Å². The predicted octanol–water partition coefficient (Wildman–Crippen LogP) is 4.49. The molecule has 2 aromatic rings. The number of alkyl halides is 3. The number of pyridine rings is 1. The van der Waals surface area contributed by atoms with Crippen LogP contribution in [0.15, 0.2) is 30.5 Å². The van der Waals surface area contributed by atoms with Crippen molar-refractivity contribution in [2.45, 2.75) is 69.3 Å². The number of carbonyl (C=O) groups excluding carboxylic acids is 1. The zero-order chi connectivity index (χ0) is 27.1. The van der Waals surface area contributed by atoms with Crippen molar-refractivity contribution >= 4 is 11.6 Å². The van der Waals surface area contributed by atoms with Gasteiger partial charge in [-0.25, -0.2) is 4.39 Å². The molecule has 2 heterocycles. The van der Waals surface area contributed by atoms with Crippen molar-refractivity contribution in [3.8, 4) is 5.75 Å². The highest BCUT2D eigenvalue weighted by molar-refractivity contribution is 5.95. The summed E-state index contributed by atoms with van der Waals surface area (Å²) in [5.74, 6) is -6.87. The number of aliphatic hydroxyl groups is 1. The van der Waals surface area contributed by atoms with Gasteiger partial charge in [-0.3, -0.25) is 9.78 Å². The van der Waals surface area contributed by atoms with Gasteiger partial charge in [0.25, 0.3) is 5.91 Å². The summed E-state index contributed by atoms with van der Waals surface area (Å²) >= 11 is 0. The van der Waals surface area contributed by atoms with Gasteiger partial charge in [-0.1, -0.05) is 13.0 Å². The van der Waals surface area contributed by atoms with Crippen LogP contribution in [0.4, 0.5) is 27.6 Å². The van der Waals surface area contributed by atoms with E-state index >= 15 is 0 Å². The first-order valence-electron chi connectivity index (χ1n) is 11.7. The van der Waals surface area contributed by atoms with Crippen LogP contribution in [0.3, 0.4) is 0 Å². The SMILES string of the molecule is COCc1cc(NC(=O)[C@@H]2O[C@@](C)(C(F)(F)F)[C@@H](C)[C@H]2c2ccc(F)c(F)c2OC2CC(O)C2)ccn1. The van der Waals surface area contributed by atoms with E-state index in [4.69, 9.17) is 14.2 Å². The minimum atomic E-state index is -4.88. The molecule has 2 fully saturated rings. The third-order valence-corrected chi connectivity index (χ3v) is 7.10. The molecule has 4 rings (SSSR count). The van der Waals surface area contributed by atoms with E-state index in [1.54, 1.807) is 0 Å². The molecule has 202 valence electrons. The highest BCUT2D eigenvalue weighted by Crippen LogP contribution is 2.55. The van der Waals surface area contributed by atoms with Gasteiger partial charge in [-0.15, -0.1) is 0 Å². The van der Waals surface area contributed by atoms with Gasteiger partial charge in [0.15, 0.2) is 17.2 Å². The zero-order valence-corrected chi connectivity index (χ0v) is 20.3. The lowest BCUT2D eigenvalue weighted by atomic mass is 9.76. The van der Waals surface area contributed by atoms with Crippen LogP contribution in [0, 0.1) is 17.6 Å². The number of carbonyl (C=O) groups is 1. The Kier molecular flexibility index (Phi) is 7.46. The van der Waals surface area contributed by atoms with Gasteiger partial charge in [0, 0.05) is 49.2 Å². The van der Waals surface area contributed by atoms with Gasteiger partial charge in [0.2, 0.25) is 5.82 Å². The molecule has 12 heteroatoms. The van der Waals surface area contributed by atoms with Crippen LogP contribution in [0.1, 0.15) is 43.9 Å². The van der Waals surface area contributed by atoms with E-state index in [9.17, 15) is 31.9 Å². The molecule has 1 aromatic heterocycles. The number of halogens is 5. The molecule has 4 atom stereocenters. The van der Waals surface area contributed by atoms with Gasteiger partial charge in [0.1, 0.15) is 12.2 Å². The molecule has 0 bridgehead atoms. The Morgan fingerprint density at radius 2 is 1.97 bits per heavy atom. The second-order valence-electron chi connectivity index (χ2n) is 9.56. The first kappa shape index (κ1) is 27.2. The normalized spacial score (nSPS) is 29.6. The van der Waals surface area contributed by atoms with E-state index in [1.807, 2.05) is 0 Å². The lowest BCUT2D eigenvalue weighted by molar-refractivity contribution is -0.272. The van der Waals surface area contributed by atoms with Crippen molar-refractivity contribution in [3.63, 3.8) is 0 Å². The van der Waals surface area contributed by atoms with Crippen molar-refractivity contribution in [2.24, 2.45) is 5.92 Å². The first-order chi connectivity index (χ1) is 17.4. The molecule has 1 amide bonds. The molecule has 1 aliphatic carbocycles. The van der Waals surface area contributed by atoms with Crippen LogP contribution in [0.2, 0.25) is 0 Å². The van der Waals surface area contributed by atoms with E-state index in [2.05, 4.69) is 10.3 Å². The summed E-state index contributed by atoms with van der Waals surface area (Å²) in [4.78, 5) is 17.4. The minimum Gasteiger partial charge on any atom is -0.487 e. The summed E-state index contributed by atoms with van der Waals surface area (Å²) in [6.07, 6.45) is -6.22. The Morgan fingerprint density at radius 3 is 2.59 bits per heavy atom.